The standard InChI is InChI=1S/C39H42F2N4O5S/c1-38(2)16-7-17-39(3,26-9-6-8-24(20-26)10-13-33(46)50-5)37-43-36(45(4)44-37)29-21-25(11-12-30(29)40)35(47)34-28(15-19-51(48,49)23-38)27-14-18-42-32(27)22-31(34)41/h6,8-9,11-12,14,18,20-22,42H,7,10,13,15-17,19,23H2,1-5H3. The van der Waals surface area contributed by atoms with Crippen LogP contribution in [-0.2, 0) is 44.7 Å². The average molecular weight is 717 g/mol. The van der Waals surface area contributed by atoms with Crippen molar-refractivity contribution in [2.75, 3.05) is 18.6 Å². The Morgan fingerprint density at radius 3 is 2.59 bits per heavy atom. The summed E-state index contributed by atoms with van der Waals surface area (Å²) in [6, 6.07) is 14.5. The molecule has 9 nitrogen and oxygen atoms in total. The first-order valence-electron chi connectivity index (χ1n) is 17.0. The molecule has 51 heavy (non-hydrogen) atoms. The van der Waals surface area contributed by atoms with Gasteiger partial charge < -0.3 is 9.72 Å². The summed E-state index contributed by atoms with van der Waals surface area (Å²) < 4.78 is 65.1. The summed E-state index contributed by atoms with van der Waals surface area (Å²) >= 11 is 0. The number of ether oxygens (including phenoxy) is 1. The molecule has 0 amide bonds. The number of esters is 1. The molecule has 1 aliphatic rings. The van der Waals surface area contributed by atoms with E-state index < -0.39 is 38.1 Å². The number of carbonyl (C=O) groups is 2. The third-order valence-electron chi connectivity index (χ3n) is 10.1. The van der Waals surface area contributed by atoms with Gasteiger partial charge in [-0.1, -0.05) is 44.5 Å². The normalized spacial score (nSPS) is 19.2. The molecule has 6 rings (SSSR count). The Hall–Kier alpha value is -4.71. The largest absolute Gasteiger partial charge is 0.469 e. The SMILES string of the molecule is COC(=O)CCc1cccc(C2(C)CCCC(C)(C)CS(=O)(=O)CCc3c(c(F)cc4[nH]ccc34)C(=O)c3ccc(F)c(c3)-c3nc2nn3C)c1. The summed E-state index contributed by atoms with van der Waals surface area (Å²) in [7, 11) is -0.649. The van der Waals surface area contributed by atoms with Crippen molar-refractivity contribution in [3.8, 4) is 11.4 Å². The lowest BCUT2D eigenvalue weighted by atomic mass is 9.75. The highest BCUT2D eigenvalue weighted by atomic mass is 32.2. The van der Waals surface area contributed by atoms with E-state index in [1.807, 2.05) is 45.0 Å². The van der Waals surface area contributed by atoms with Crippen LogP contribution in [0.5, 0.6) is 0 Å². The van der Waals surface area contributed by atoms with Crippen LogP contribution in [0.1, 0.15) is 84.9 Å². The van der Waals surface area contributed by atoms with Crippen molar-refractivity contribution in [3.05, 3.63) is 106 Å². The molecule has 0 aliphatic carbocycles. The summed E-state index contributed by atoms with van der Waals surface area (Å²) in [4.78, 5) is 33.9. The minimum Gasteiger partial charge on any atom is -0.469 e. The number of aromatic amines is 1. The van der Waals surface area contributed by atoms with Crippen molar-refractivity contribution >= 4 is 32.5 Å². The van der Waals surface area contributed by atoms with Gasteiger partial charge in [0, 0.05) is 36.1 Å². The Morgan fingerprint density at radius 2 is 1.82 bits per heavy atom. The second-order valence-corrected chi connectivity index (χ2v) is 16.7. The Morgan fingerprint density at radius 1 is 1.04 bits per heavy atom. The van der Waals surface area contributed by atoms with Crippen LogP contribution in [0.3, 0.4) is 0 Å². The molecular weight excluding hydrogens is 675 g/mol. The van der Waals surface area contributed by atoms with Gasteiger partial charge in [0.1, 0.15) is 11.6 Å². The molecule has 2 aromatic heterocycles. The molecule has 0 saturated carbocycles. The predicted octanol–water partition coefficient (Wildman–Crippen LogP) is 7.05. The van der Waals surface area contributed by atoms with Gasteiger partial charge in [-0.25, -0.2) is 26.9 Å². The fourth-order valence-corrected chi connectivity index (χ4v) is 9.30. The molecular formula is C39H42F2N4O5S. The number of nitrogens with zero attached hydrogens (tertiary/aromatic N) is 3. The maximum Gasteiger partial charge on any atom is 0.305 e. The first-order valence-corrected chi connectivity index (χ1v) is 18.8. The predicted molar refractivity (Wildman–Crippen MR) is 191 cm³/mol. The van der Waals surface area contributed by atoms with Gasteiger partial charge in [-0.2, -0.15) is 5.10 Å². The highest BCUT2D eigenvalue weighted by Crippen LogP contribution is 2.39. The van der Waals surface area contributed by atoms with Crippen molar-refractivity contribution < 1.29 is 31.5 Å². The van der Waals surface area contributed by atoms with Crippen LogP contribution in [0.2, 0.25) is 0 Å². The molecule has 4 bridgehead atoms. The van der Waals surface area contributed by atoms with Crippen LogP contribution in [-0.4, -0.2) is 58.5 Å². The van der Waals surface area contributed by atoms with Gasteiger partial charge in [-0.15, -0.1) is 0 Å². The first kappa shape index (κ1) is 36.1. The lowest BCUT2D eigenvalue weighted by Gasteiger charge is -2.30. The number of sulfone groups is 1. The van der Waals surface area contributed by atoms with Gasteiger partial charge in [-0.05, 0) is 85.0 Å². The monoisotopic (exact) mass is 716 g/mol. The minimum absolute atomic E-state index is 0.0192. The second-order valence-electron chi connectivity index (χ2n) is 14.5. The van der Waals surface area contributed by atoms with Gasteiger partial charge >= 0.3 is 5.97 Å². The molecule has 1 aliphatic heterocycles. The van der Waals surface area contributed by atoms with Crippen molar-refractivity contribution in [2.45, 2.75) is 64.7 Å². The van der Waals surface area contributed by atoms with Gasteiger partial charge in [0.2, 0.25) is 0 Å². The number of fused-ring (bicyclic) bond motifs is 8. The number of aryl methyl sites for hydroxylation is 3. The van der Waals surface area contributed by atoms with Crippen LogP contribution in [0, 0.1) is 17.0 Å². The maximum absolute atomic E-state index is 15.8. The number of methoxy groups -OCH3 is 1. The fraction of sp³-hybridized carbons (Fsp3) is 0.385. The number of aromatic nitrogens is 4. The van der Waals surface area contributed by atoms with Crippen LogP contribution >= 0.6 is 0 Å². The van der Waals surface area contributed by atoms with Crippen LogP contribution in [0.15, 0.2) is 60.8 Å². The number of H-pyrrole nitrogens is 1. The van der Waals surface area contributed by atoms with E-state index in [1.54, 1.807) is 19.3 Å². The highest BCUT2D eigenvalue weighted by Gasteiger charge is 2.36. The molecule has 0 radical (unpaired) electrons. The number of ketones is 1. The van der Waals surface area contributed by atoms with E-state index in [9.17, 15) is 18.0 Å². The fourth-order valence-electron chi connectivity index (χ4n) is 7.30. The third-order valence-corrected chi connectivity index (χ3v) is 12.1. The van der Waals surface area contributed by atoms with E-state index in [1.165, 1.54) is 30.0 Å². The molecule has 1 N–H and O–H groups in total. The molecule has 1 unspecified atom stereocenters. The number of rotatable bonds is 4. The zero-order valence-corrected chi connectivity index (χ0v) is 30.3. The Kier molecular flexibility index (Phi) is 9.75. The van der Waals surface area contributed by atoms with Crippen LogP contribution < -0.4 is 0 Å². The minimum atomic E-state index is -3.65. The van der Waals surface area contributed by atoms with Gasteiger partial charge in [0.15, 0.2) is 27.3 Å². The Bertz CT molecular complexity index is 2260. The number of hydrogen-bond acceptors (Lipinski definition) is 7. The summed E-state index contributed by atoms with van der Waals surface area (Å²) in [5.74, 6) is -2.20. The van der Waals surface area contributed by atoms with Crippen molar-refractivity contribution in [3.63, 3.8) is 0 Å². The molecule has 12 heteroatoms. The van der Waals surface area contributed by atoms with E-state index in [0.717, 1.165) is 17.2 Å². The number of nitrogens with one attached hydrogen (secondary N) is 1. The molecule has 0 fully saturated rings. The van der Waals surface area contributed by atoms with E-state index in [4.69, 9.17) is 14.8 Å². The summed E-state index contributed by atoms with van der Waals surface area (Å²) in [5.41, 5.74) is 0.929. The lowest BCUT2D eigenvalue weighted by molar-refractivity contribution is -0.140. The van der Waals surface area contributed by atoms with Gasteiger partial charge in [0.05, 0.1) is 35.2 Å². The Balaban J connectivity index is 1.51. The highest BCUT2D eigenvalue weighted by molar-refractivity contribution is 7.91. The zero-order valence-electron chi connectivity index (χ0n) is 29.5. The third kappa shape index (κ3) is 7.37. The number of carbonyl (C=O) groups excluding carboxylic acids is 2. The van der Waals surface area contributed by atoms with E-state index in [0.29, 0.717) is 42.4 Å². The number of halogens is 2. The molecule has 0 saturated heterocycles. The lowest BCUT2D eigenvalue weighted by Crippen LogP contribution is -2.29. The van der Waals surface area contributed by atoms with E-state index in [-0.39, 0.29) is 58.4 Å². The van der Waals surface area contributed by atoms with E-state index >= 15 is 8.78 Å². The molecule has 5 aromatic rings. The van der Waals surface area contributed by atoms with Gasteiger partial charge in [0.25, 0.3) is 0 Å². The summed E-state index contributed by atoms with van der Waals surface area (Å²) in [6.45, 7) is 5.84. The molecule has 0 spiro atoms. The average Bonchev–Trinajstić information content (AvgIpc) is 3.71. The van der Waals surface area contributed by atoms with Crippen LogP contribution in [0.4, 0.5) is 8.78 Å². The van der Waals surface area contributed by atoms with Gasteiger partial charge in [-0.3, -0.25) is 9.59 Å². The molecule has 1 atom stereocenters. The second kappa shape index (κ2) is 13.8. The summed E-state index contributed by atoms with van der Waals surface area (Å²) in [6.07, 6.45) is 3.95. The number of hydrogen-bond donors (Lipinski definition) is 1. The maximum atomic E-state index is 15.8. The summed E-state index contributed by atoms with van der Waals surface area (Å²) in [5, 5.41) is 5.34. The van der Waals surface area contributed by atoms with Crippen molar-refractivity contribution in [2.24, 2.45) is 12.5 Å². The van der Waals surface area contributed by atoms with Crippen molar-refractivity contribution in [1.29, 1.82) is 0 Å². The molecule has 3 aromatic carbocycles. The quantitative estimate of drug-likeness (QED) is 0.198. The number of benzene rings is 3. The molecule has 3 heterocycles. The topological polar surface area (TPSA) is 124 Å². The Labute approximate surface area is 296 Å². The molecule has 268 valence electrons. The van der Waals surface area contributed by atoms with Crippen molar-refractivity contribution in [1.82, 2.24) is 19.7 Å². The van der Waals surface area contributed by atoms with E-state index in [2.05, 4.69) is 4.98 Å². The first-order chi connectivity index (χ1) is 24.1. The zero-order chi connectivity index (χ0) is 36.7. The smallest absolute Gasteiger partial charge is 0.305 e. The van der Waals surface area contributed by atoms with Crippen LogP contribution in [0.25, 0.3) is 22.3 Å².